The monoisotopic (exact) mass is 388 g/mol. The molecule has 1 fully saturated rings. The number of nitrogens with one attached hydrogen (secondary N) is 2. The molecule has 0 aromatic heterocycles. The zero-order valence-corrected chi connectivity index (χ0v) is 16.3. The van der Waals surface area contributed by atoms with Gasteiger partial charge in [-0.05, 0) is 48.1 Å². The van der Waals surface area contributed by atoms with Crippen LogP contribution >= 0.6 is 11.6 Å². The molecule has 2 aromatic carbocycles. The van der Waals surface area contributed by atoms with E-state index in [1.807, 2.05) is 24.3 Å². The van der Waals surface area contributed by atoms with E-state index in [-0.39, 0.29) is 16.3 Å². The first kappa shape index (κ1) is 19.4. The maximum absolute atomic E-state index is 13.3. The van der Waals surface area contributed by atoms with E-state index in [1.165, 1.54) is 18.2 Å². The van der Waals surface area contributed by atoms with Gasteiger partial charge in [-0.15, -0.1) is 0 Å². The van der Waals surface area contributed by atoms with Crippen LogP contribution in [0.5, 0.6) is 0 Å². The van der Waals surface area contributed by atoms with Crippen molar-refractivity contribution in [2.75, 3.05) is 10.6 Å². The lowest BCUT2D eigenvalue weighted by Crippen LogP contribution is -2.36. The summed E-state index contributed by atoms with van der Waals surface area (Å²) in [6.45, 7) is 6.20. The molecular weight excluding hydrogens is 367 g/mol. The van der Waals surface area contributed by atoms with Crippen LogP contribution in [0.4, 0.5) is 15.8 Å². The van der Waals surface area contributed by atoms with E-state index in [4.69, 9.17) is 11.6 Å². The normalized spacial score (nSPS) is 15.1. The van der Waals surface area contributed by atoms with Crippen molar-refractivity contribution in [1.29, 1.82) is 0 Å². The van der Waals surface area contributed by atoms with Crippen LogP contribution < -0.4 is 10.6 Å². The Balaban J connectivity index is 1.77. The van der Waals surface area contributed by atoms with Crippen molar-refractivity contribution in [1.82, 2.24) is 0 Å². The van der Waals surface area contributed by atoms with Gasteiger partial charge in [-0.25, -0.2) is 4.39 Å². The predicted molar refractivity (Wildman–Crippen MR) is 105 cm³/mol. The van der Waals surface area contributed by atoms with Crippen LogP contribution in [0.1, 0.15) is 39.2 Å². The van der Waals surface area contributed by atoms with Gasteiger partial charge in [0, 0.05) is 11.4 Å². The molecule has 0 aliphatic heterocycles. The maximum atomic E-state index is 13.3. The van der Waals surface area contributed by atoms with Gasteiger partial charge in [0.05, 0.1) is 5.02 Å². The topological polar surface area (TPSA) is 58.2 Å². The summed E-state index contributed by atoms with van der Waals surface area (Å²) in [5, 5.41) is 5.51. The van der Waals surface area contributed by atoms with E-state index in [2.05, 4.69) is 31.4 Å². The minimum atomic E-state index is -1.11. The quantitative estimate of drug-likeness (QED) is 0.713. The molecule has 1 aliphatic carbocycles. The molecule has 1 saturated carbocycles. The van der Waals surface area contributed by atoms with Crippen molar-refractivity contribution < 1.29 is 14.0 Å². The number of hydrogen-bond donors (Lipinski definition) is 2. The van der Waals surface area contributed by atoms with Gasteiger partial charge in [0.25, 0.3) is 0 Å². The number of carbonyl (C=O) groups excluding carboxylic acids is 2. The fourth-order valence-corrected chi connectivity index (χ4v) is 3.18. The molecule has 142 valence electrons. The third-order valence-corrected chi connectivity index (χ3v) is 5.07. The van der Waals surface area contributed by atoms with Crippen LogP contribution in [0.3, 0.4) is 0 Å². The molecule has 0 spiro atoms. The molecule has 4 nitrogen and oxygen atoms in total. The van der Waals surface area contributed by atoms with E-state index in [1.54, 1.807) is 0 Å². The lowest BCUT2D eigenvalue weighted by atomic mass is 9.85. The van der Waals surface area contributed by atoms with Crippen molar-refractivity contribution in [2.24, 2.45) is 5.41 Å². The second-order valence-electron chi connectivity index (χ2n) is 7.91. The molecule has 0 radical (unpaired) electrons. The molecule has 0 heterocycles. The Bertz CT molecular complexity index is 901. The average molecular weight is 389 g/mol. The molecule has 0 unspecified atom stereocenters. The van der Waals surface area contributed by atoms with Crippen molar-refractivity contribution in [3.05, 3.63) is 58.9 Å². The van der Waals surface area contributed by atoms with Gasteiger partial charge in [-0.2, -0.15) is 0 Å². The number of para-hydroxylation sites is 1. The number of amides is 2. The summed E-state index contributed by atoms with van der Waals surface area (Å²) in [5.74, 6) is -1.30. The van der Waals surface area contributed by atoms with Gasteiger partial charge in [0.1, 0.15) is 11.2 Å². The van der Waals surface area contributed by atoms with E-state index in [9.17, 15) is 14.0 Å². The Kier molecular flexibility index (Phi) is 5.00. The van der Waals surface area contributed by atoms with E-state index < -0.39 is 17.1 Å². The zero-order chi connectivity index (χ0) is 19.8. The summed E-state index contributed by atoms with van der Waals surface area (Å²) in [7, 11) is 0. The molecule has 27 heavy (non-hydrogen) atoms. The lowest BCUT2D eigenvalue weighted by molar-refractivity contribution is -0.131. The van der Waals surface area contributed by atoms with Crippen molar-refractivity contribution in [3.63, 3.8) is 0 Å². The maximum Gasteiger partial charge on any atom is 0.240 e. The molecule has 3 rings (SSSR count). The Hall–Kier alpha value is -2.40. The van der Waals surface area contributed by atoms with Crippen molar-refractivity contribution in [3.8, 4) is 0 Å². The minimum absolute atomic E-state index is 0.0822. The van der Waals surface area contributed by atoms with Gasteiger partial charge >= 0.3 is 0 Å². The lowest BCUT2D eigenvalue weighted by Gasteiger charge is -2.24. The summed E-state index contributed by atoms with van der Waals surface area (Å²) >= 11 is 5.75. The first-order chi connectivity index (χ1) is 12.6. The van der Waals surface area contributed by atoms with Crippen LogP contribution in [-0.4, -0.2) is 11.8 Å². The Morgan fingerprint density at radius 3 is 2.26 bits per heavy atom. The molecule has 1 aliphatic rings. The van der Waals surface area contributed by atoms with E-state index >= 15 is 0 Å². The minimum Gasteiger partial charge on any atom is -0.325 e. The van der Waals surface area contributed by atoms with Gasteiger partial charge in [-0.3, -0.25) is 9.59 Å². The standard InChI is InChI=1S/C21H22ClFN2O2/c1-20(2,3)14-6-4-5-7-17(14)25-19(27)21(10-11-21)18(26)24-13-8-9-16(23)15(22)12-13/h4-9,12H,10-11H2,1-3H3,(H,24,26)(H,25,27). The first-order valence-electron chi connectivity index (χ1n) is 8.81. The third-order valence-electron chi connectivity index (χ3n) is 4.78. The molecule has 2 N–H and O–H groups in total. The highest BCUT2D eigenvalue weighted by atomic mass is 35.5. The smallest absolute Gasteiger partial charge is 0.240 e. The van der Waals surface area contributed by atoms with Gasteiger partial charge < -0.3 is 10.6 Å². The highest BCUT2D eigenvalue weighted by molar-refractivity contribution is 6.31. The second kappa shape index (κ2) is 6.97. The highest BCUT2D eigenvalue weighted by Crippen LogP contribution is 2.48. The average Bonchev–Trinajstić information content (AvgIpc) is 3.40. The van der Waals surface area contributed by atoms with Gasteiger partial charge in [-0.1, -0.05) is 50.6 Å². The summed E-state index contributed by atoms with van der Waals surface area (Å²) in [5.41, 5.74) is 0.818. The van der Waals surface area contributed by atoms with Crippen LogP contribution in [0.25, 0.3) is 0 Å². The number of benzene rings is 2. The predicted octanol–water partition coefficient (Wildman–Crippen LogP) is 5.13. The summed E-state index contributed by atoms with van der Waals surface area (Å²) in [4.78, 5) is 25.6. The highest BCUT2D eigenvalue weighted by Gasteiger charge is 2.56. The Morgan fingerprint density at radius 2 is 1.67 bits per heavy atom. The SMILES string of the molecule is CC(C)(C)c1ccccc1NC(=O)C1(C(=O)Nc2ccc(F)c(Cl)c2)CC1. The number of carbonyl (C=O) groups is 2. The number of halogens is 2. The summed E-state index contributed by atoms with van der Waals surface area (Å²) in [6.07, 6.45) is 0.939. The van der Waals surface area contributed by atoms with Crippen molar-refractivity contribution in [2.45, 2.75) is 39.0 Å². The molecule has 0 atom stereocenters. The van der Waals surface area contributed by atoms with E-state index in [0.29, 0.717) is 24.2 Å². The van der Waals surface area contributed by atoms with Gasteiger partial charge in [0.2, 0.25) is 11.8 Å². The summed E-state index contributed by atoms with van der Waals surface area (Å²) in [6, 6.07) is 11.5. The second-order valence-corrected chi connectivity index (χ2v) is 8.32. The molecule has 2 amide bonds. The first-order valence-corrected chi connectivity index (χ1v) is 9.19. The molecule has 2 aromatic rings. The number of hydrogen-bond acceptors (Lipinski definition) is 2. The van der Waals surface area contributed by atoms with Crippen LogP contribution in [-0.2, 0) is 15.0 Å². The fraction of sp³-hybridized carbons (Fsp3) is 0.333. The van der Waals surface area contributed by atoms with Crippen LogP contribution in [0.15, 0.2) is 42.5 Å². The van der Waals surface area contributed by atoms with Crippen LogP contribution in [0, 0.1) is 11.2 Å². The third kappa shape index (κ3) is 3.98. The zero-order valence-electron chi connectivity index (χ0n) is 15.5. The van der Waals surface area contributed by atoms with Crippen LogP contribution in [0.2, 0.25) is 5.02 Å². The number of anilines is 2. The molecule has 0 bridgehead atoms. The van der Waals surface area contributed by atoms with Crippen molar-refractivity contribution >= 4 is 34.8 Å². The number of rotatable bonds is 4. The largest absolute Gasteiger partial charge is 0.325 e. The van der Waals surface area contributed by atoms with E-state index in [0.717, 1.165) is 5.56 Å². The molecule has 6 heteroatoms. The fourth-order valence-electron chi connectivity index (χ4n) is 2.99. The Labute approximate surface area is 163 Å². The summed E-state index contributed by atoms with van der Waals surface area (Å²) < 4.78 is 13.3. The molecule has 0 saturated heterocycles. The molecular formula is C21H22ClFN2O2. The van der Waals surface area contributed by atoms with Gasteiger partial charge in [0.15, 0.2) is 0 Å². The Morgan fingerprint density at radius 1 is 1.04 bits per heavy atom.